The van der Waals surface area contributed by atoms with E-state index in [9.17, 15) is 15.2 Å². The molecule has 0 spiro atoms. The predicted molar refractivity (Wildman–Crippen MR) is 122 cm³/mol. The van der Waals surface area contributed by atoms with Gasteiger partial charge in [0.2, 0.25) is 5.82 Å². The molecule has 0 aliphatic carbocycles. The summed E-state index contributed by atoms with van der Waals surface area (Å²) in [6.45, 7) is 4.93. The Hall–Kier alpha value is -4.16. The minimum Gasteiger partial charge on any atom is -0.490 e. The van der Waals surface area contributed by atoms with Crippen LogP contribution in [0.5, 0.6) is 5.75 Å². The minimum absolute atomic E-state index is 0.0474. The number of aromatic nitrogens is 3. The molecule has 0 fully saturated rings. The number of hydrogen-bond acceptors (Lipinski definition) is 7. The number of carboxylic acids is 1. The first-order chi connectivity index (χ1) is 16.4. The van der Waals surface area contributed by atoms with Crippen LogP contribution in [0.1, 0.15) is 37.6 Å². The zero-order valence-corrected chi connectivity index (χ0v) is 18.7. The maximum absolute atomic E-state index is 11.2. The Balaban J connectivity index is 1.46. The van der Waals surface area contributed by atoms with E-state index in [0.717, 1.165) is 22.2 Å². The molecular weight excluding hydrogens is 436 g/mol. The van der Waals surface area contributed by atoms with Crippen LogP contribution in [0.25, 0.3) is 33.7 Å². The molecule has 1 unspecified atom stereocenters. The molecule has 0 saturated heterocycles. The van der Waals surface area contributed by atoms with Gasteiger partial charge in [0.1, 0.15) is 17.9 Å². The highest BCUT2D eigenvalue weighted by Gasteiger charge is 2.26. The lowest BCUT2D eigenvalue weighted by atomic mass is 10.1. The summed E-state index contributed by atoms with van der Waals surface area (Å²) in [4.78, 5) is 15.7. The van der Waals surface area contributed by atoms with Gasteiger partial charge in [-0.2, -0.15) is 10.2 Å². The standard InChI is InChI=1S/C25H22N4O5/c1-14(2)33-21-6-4-16(10-18(21)13-26)25-27-24(28-34-25)15-3-5-19-17(9-15)11-20-22(12-23(30)31)32-8-7-29(19)20/h3-6,9-11,14,22H,7-8,12H2,1-2H3,(H,30,31). The van der Waals surface area contributed by atoms with Crippen molar-refractivity contribution in [2.45, 2.75) is 39.0 Å². The van der Waals surface area contributed by atoms with Crippen LogP contribution in [-0.2, 0) is 16.1 Å². The molecule has 3 heterocycles. The molecule has 2 aromatic heterocycles. The Morgan fingerprint density at radius 3 is 2.85 bits per heavy atom. The second-order valence-electron chi connectivity index (χ2n) is 8.36. The molecule has 1 atom stereocenters. The van der Waals surface area contributed by atoms with Crippen molar-refractivity contribution in [3.63, 3.8) is 0 Å². The number of carboxylic acid groups (broad SMARTS) is 1. The Kier molecular flexibility index (Phi) is 5.51. The molecule has 34 heavy (non-hydrogen) atoms. The molecule has 1 N–H and O–H groups in total. The van der Waals surface area contributed by atoms with Gasteiger partial charge < -0.3 is 23.7 Å². The number of nitrogens with zero attached hydrogens (tertiary/aromatic N) is 4. The van der Waals surface area contributed by atoms with Crippen LogP contribution in [0.3, 0.4) is 0 Å². The zero-order chi connectivity index (χ0) is 23.8. The second kappa shape index (κ2) is 8.65. The van der Waals surface area contributed by atoms with Gasteiger partial charge in [0.15, 0.2) is 0 Å². The van der Waals surface area contributed by atoms with E-state index in [4.69, 9.17) is 14.0 Å². The maximum atomic E-state index is 11.2. The smallest absolute Gasteiger partial charge is 0.306 e. The van der Waals surface area contributed by atoms with Crippen molar-refractivity contribution in [3.8, 4) is 34.7 Å². The topological polar surface area (TPSA) is 123 Å². The first-order valence-corrected chi connectivity index (χ1v) is 10.9. The lowest BCUT2D eigenvalue weighted by Crippen LogP contribution is -2.22. The van der Waals surface area contributed by atoms with Gasteiger partial charge in [0.05, 0.1) is 24.7 Å². The van der Waals surface area contributed by atoms with Crippen molar-refractivity contribution in [1.82, 2.24) is 14.7 Å². The van der Waals surface area contributed by atoms with E-state index in [0.29, 0.717) is 41.7 Å². The van der Waals surface area contributed by atoms with Crippen LogP contribution in [0, 0.1) is 11.3 Å². The monoisotopic (exact) mass is 458 g/mol. The molecule has 0 bridgehead atoms. The normalized spacial score (nSPS) is 15.3. The number of rotatable bonds is 6. The van der Waals surface area contributed by atoms with Gasteiger partial charge in [-0.05, 0) is 56.3 Å². The molecule has 9 heteroatoms. The van der Waals surface area contributed by atoms with Gasteiger partial charge >= 0.3 is 5.97 Å². The minimum atomic E-state index is -0.896. The van der Waals surface area contributed by atoms with Crippen molar-refractivity contribution in [1.29, 1.82) is 5.26 Å². The highest BCUT2D eigenvalue weighted by atomic mass is 16.5. The van der Waals surface area contributed by atoms with E-state index in [2.05, 4.69) is 20.8 Å². The molecule has 0 amide bonds. The molecule has 172 valence electrons. The molecule has 1 aliphatic heterocycles. The van der Waals surface area contributed by atoms with E-state index >= 15 is 0 Å². The van der Waals surface area contributed by atoms with Crippen LogP contribution < -0.4 is 4.74 Å². The highest BCUT2D eigenvalue weighted by Crippen LogP contribution is 2.34. The van der Waals surface area contributed by atoms with E-state index in [1.54, 1.807) is 18.2 Å². The fourth-order valence-corrected chi connectivity index (χ4v) is 4.21. The van der Waals surface area contributed by atoms with Crippen LogP contribution in [0.15, 0.2) is 47.0 Å². The summed E-state index contributed by atoms with van der Waals surface area (Å²) in [5.74, 6) is 0.329. The predicted octanol–water partition coefficient (Wildman–Crippen LogP) is 4.56. The molecule has 0 radical (unpaired) electrons. The summed E-state index contributed by atoms with van der Waals surface area (Å²) in [6, 6.07) is 15.1. The third-order valence-corrected chi connectivity index (χ3v) is 5.65. The third kappa shape index (κ3) is 4.00. The Bertz CT molecular complexity index is 1430. The van der Waals surface area contributed by atoms with E-state index in [-0.39, 0.29) is 12.5 Å². The molecule has 5 rings (SSSR count). The number of hydrogen-bond donors (Lipinski definition) is 1. The summed E-state index contributed by atoms with van der Waals surface area (Å²) in [6.07, 6.45) is -0.604. The van der Waals surface area contributed by atoms with Crippen LogP contribution in [0.4, 0.5) is 0 Å². The molecule has 2 aromatic carbocycles. The van der Waals surface area contributed by atoms with Crippen molar-refractivity contribution < 1.29 is 23.9 Å². The van der Waals surface area contributed by atoms with Crippen molar-refractivity contribution in [2.24, 2.45) is 0 Å². The van der Waals surface area contributed by atoms with Crippen LogP contribution in [0.2, 0.25) is 0 Å². The maximum Gasteiger partial charge on any atom is 0.306 e. The average Bonchev–Trinajstić information content (AvgIpc) is 3.44. The number of aliphatic carboxylic acids is 1. The summed E-state index contributed by atoms with van der Waals surface area (Å²) in [5, 5.41) is 23.8. The van der Waals surface area contributed by atoms with Crippen molar-refractivity contribution in [2.75, 3.05) is 6.61 Å². The van der Waals surface area contributed by atoms with Gasteiger partial charge in [0, 0.05) is 34.3 Å². The number of nitriles is 1. The quantitative estimate of drug-likeness (QED) is 0.446. The van der Waals surface area contributed by atoms with Gasteiger partial charge in [0.25, 0.3) is 5.89 Å². The van der Waals surface area contributed by atoms with Crippen molar-refractivity contribution in [3.05, 3.63) is 53.7 Å². The first-order valence-electron chi connectivity index (χ1n) is 10.9. The van der Waals surface area contributed by atoms with Crippen LogP contribution in [-0.4, -0.2) is 38.5 Å². The van der Waals surface area contributed by atoms with Gasteiger partial charge in [-0.1, -0.05) is 5.16 Å². The Morgan fingerprint density at radius 1 is 1.26 bits per heavy atom. The van der Waals surface area contributed by atoms with Gasteiger partial charge in [-0.25, -0.2) is 0 Å². The molecule has 9 nitrogen and oxygen atoms in total. The van der Waals surface area contributed by atoms with E-state index in [1.165, 1.54) is 0 Å². The fraction of sp³-hybridized carbons (Fsp3) is 0.280. The highest BCUT2D eigenvalue weighted by molar-refractivity contribution is 5.86. The lowest BCUT2D eigenvalue weighted by Gasteiger charge is -2.24. The number of fused-ring (bicyclic) bond motifs is 3. The third-order valence-electron chi connectivity index (χ3n) is 5.65. The van der Waals surface area contributed by atoms with Crippen molar-refractivity contribution >= 4 is 16.9 Å². The second-order valence-corrected chi connectivity index (χ2v) is 8.36. The van der Waals surface area contributed by atoms with Gasteiger partial charge in [-0.15, -0.1) is 0 Å². The summed E-state index contributed by atoms with van der Waals surface area (Å²) in [5.41, 5.74) is 3.63. The van der Waals surface area contributed by atoms with Crippen LogP contribution >= 0.6 is 0 Å². The van der Waals surface area contributed by atoms with E-state index < -0.39 is 12.1 Å². The molecule has 4 aromatic rings. The summed E-state index contributed by atoms with van der Waals surface area (Å²) in [7, 11) is 0. The summed E-state index contributed by atoms with van der Waals surface area (Å²) < 4.78 is 18.9. The number of ether oxygens (including phenoxy) is 2. The largest absolute Gasteiger partial charge is 0.490 e. The SMILES string of the molecule is CC(C)Oc1ccc(-c2nc(-c3ccc4c(c3)cc3n4CCOC3CC(=O)O)no2)cc1C#N. The lowest BCUT2D eigenvalue weighted by molar-refractivity contribution is -0.141. The van der Waals surface area contributed by atoms with E-state index in [1.807, 2.05) is 38.1 Å². The number of carbonyl (C=O) groups is 1. The Morgan fingerprint density at radius 2 is 2.09 bits per heavy atom. The number of benzene rings is 2. The van der Waals surface area contributed by atoms with Gasteiger partial charge in [-0.3, -0.25) is 4.79 Å². The fourth-order valence-electron chi connectivity index (χ4n) is 4.21. The Labute approximate surface area is 195 Å². The molecule has 1 aliphatic rings. The zero-order valence-electron chi connectivity index (χ0n) is 18.7. The average molecular weight is 458 g/mol. The molecule has 0 saturated carbocycles. The summed E-state index contributed by atoms with van der Waals surface area (Å²) >= 11 is 0. The molecular formula is C25H22N4O5. The first kappa shape index (κ1) is 21.7.